The number of halogens is 2. The minimum Gasteiger partial charge on any atom is -0.309 e. The maximum absolute atomic E-state index is 4.52. The second kappa shape index (κ2) is 7.12. The fourth-order valence-corrected chi connectivity index (χ4v) is 3.21. The molecule has 2 aromatic heterocycles. The zero-order valence-electron chi connectivity index (χ0n) is 10.6. The number of hydrogen-bond donors (Lipinski definition) is 1. The maximum Gasteiger partial charge on any atom is 0.0719 e. The summed E-state index contributed by atoms with van der Waals surface area (Å²) >= 11 is 7.01. The molecule has 0 aliphatic carbocycles. The van der Waals surface area contributed by atoms with Crippen LogP contribution in [0.15, 0.2) is 45.7 Å². The highest BCUT2D eigenvalue weighted by molar-refractivity contribution is 9.11. The van der Waals surface area contributed by atoms with Gasteiger partial charge in [-0.15, -0.1) is 0 Å². The lowest BCUT2D eigenvalue weighted by Crippen LogP contribution is -2.24. The molecule has 0 saturated carbocycles. The van der Waals surface area contributed by atoms with Gasteiger partial charge in [0.1, 0.15) is 0 Å². The first-order valence-electron chi connectivity index (χ1n) is 6.14. The van der Waals surface area contributed by atoms with Crippen molar-refractivity contribution in [2.75, 3.05) is 6.54 Å². The summed E-state index contributed by atoms with van der Waals surface area (Å²) in [5.74, 6) is 0. The van der Waals surface area contributed by atoms with Crippen LogP contribution in [0, 0.1) is 0 Å². The van der Waals surface area contributed by atoms with Gasteiger partial charge in [-0.2, -0.15) is 0 Å². The van der Waals surface area contributed by atoms with E-state index in [2.05, 4.69) is 60.1 Å². The van der Waals surface area contributed by atoms with Crippen LogP contribution < -0.4 is 5.32 Å². The Morgan fingerprint density at radius 2 is 2.16 bits per heavy atom. The Hall–Kier alpha value is -0.780. The predicted octanol–water partition coefficient (Wildman–Crippen LogP) is 3.89. The molecule has 2 rings (SSSR count). The van der Waals surface area contributed by atoms with Gasteiger partial charge in [-0.05, 0) is 62.5 Å². The molecule has 0 saturated heterocycles. The van der Waals surface area contributed by atoms with Crippen molar-refractivity contribution in [2.24, 2.45) is 0 Å². The Morgan fingerprint density at radius 3 is 2.79 bits per heavy atom. The lowest BCUT2D eigenvalue weighted by Gasteiger charge is -2.18. The number of nitrogens with one attached hydrogen (secondary N) is 1. The molecular weight excluding hydrogens is 370 g/mol. The molecule has 0 amide bonds. The molecule has 0 bridgehead atoms. The molecular formula is C14H15Br2N3. The van der Waals surface area contributed by atoms with Gasteiger partial charge in [0.05, 0.1) is 11.7 Å². The zero-order valence-corrected chi connectivity index (χ0v) is 13.8. The Labute approximate surface area is 130 Å². The van der Waals surface area contributed by atoms with E-state index < -0.39 is 0 Å². The van der Waals surface area contributed by atoms with E-state index in [0.29, 0.717) is 0 Å². The van der Waals surface area contributed by atoms with E-state index in [4.69, 9.17) is 0 Å². The summed E-state index contributed by atoms with van der Waals surface area (Å²) in [6.45, 7) is 3.00. The van der Waals surface area contributed by atoms with Crippen LogP contribution >= 0.6 is 31.9 Å². The standard InChI is InChI=1S/C14H15Br2N3/c1-2-18-13(6-10-4-3-5-17-8-10)14-12(16)7-11(15)9-19-14/h3-5,7-9,13,18H,2,6H2,1H3. The summed E-state index contributed by atoms with van der Waals surface area (Å²) < 4.78 is 1.98. The summed E-state index contributed by atoms with van der Waals surface area (Å²) in [7, 11) is 0. The van der Waals surface area contributed by atoms with Crippen LogP contribution in [0.25, 0.3) is 0 Å². The van der Waals surface area contributed by atoms with Crippen molar-refractivity contribution in [3.8, 4) is 0 Å². The summed E-state index contributed by atoms with van der Waals surface area (Å²) in [6, 6.07) is 6.25. The van der Waals surface area contributed by atoms with E-state index >= 15 is 0 Å². The first-order valence-corrected chi connectivity index (χ1v) is 7.72. The molecule has 1 unspecified atom stereocenters. The molecule has 3 nitrogen and oxygen atoms in total. The molecule has 0 spiro atoms. The van der Waals surface area contributed by atoms with Gasteiger partial charge in [0, 0.05) is 27.5 Å². The molecule has 1 atom stereocenters. The Bertz CT molecular complexity index is 531. The normalized spacial score (nSPS) is 12.4. The smallest absolute Gasteiger partial charge is 0.0719 e. The van der Waals surface area contributed by atoms with Crippen LogP contribution in [0.2, 0.25) is 0 Å². The molecule has 19 heavy (non-hydrogen) atoms. The molecule has 2 aromatic rings. The van der Waals surface area contributed by atoms with E-state index in [0.717, 1.165) is 27.6 Å². The number of pyridine rings is 2. The molecule has 100 valence electrons. The van der Waals surface area contributed by atoms with Crippen molar-refractivity contribution in [3.05, 3.63) is 57.0 Å². The molecule has 2 heterocycles. The second-order valence-electron chi connectivity index (χ2n) is 4.20. The van der Waals surface area contributed by atoms with E-state index in [1.165, 1.54) is 5.56 Å². The minimum absolute atomic E-state index is 0.177. The third kappa shape index (κ3) is 4.09. The minimum atomic E-state index is 0.177. The molecule has 0 fully saturated rings. The highest BCUT2D eigenvalue weighted by atomic mass is 79.9. The lowest BCUT2D eigenvalue weighted by molar-refractivity contribution is 0.533. The molecule has 0 aliphatic heterocycles. The predicted molar refractivity (Wildman–Crippen MR) is 84.0 cm³/mol. The lowest BCUT2D eigenvalue weighted by atomic mass is 10.0. The highest BCUT2D eigenvalue weighted by Crippen LogP contribution is 2.26. The third-order valence-electron chi connectivity index (χ3n) is 2.78. The maximum atomic E-state index is 4.52. The van der Waals surface area contributed by atoms with E-state index in [1.54, 1.807) is 6.20 Å². The molecule has 1 N–H and O–H groups in total. The van der Waals surface area contributed by atoms with Gasteiger partial charge in [-0.25, -0.2) is 0 Å². The van der Waals surface area contributed by atoms with Gasteiger partial charge >= 0.3 is 0 Å². The van der Waals surface area contributed by atoms with E-state index in [1.807, 2.05) is 24.5 Å². The van der Waals surface area contributed by atoms with Crippen molar-refractivity contribution in [1.82, 2.24) is 15.3 Å². The summed E-state index contributed by atoms with van der Waals surface area (Å²) in [5, 5.41) is 3.47. The number of rotatable bonds is 5. The monoisotopic (exact) mass is 383 g/mol. The average Bonchev–Trinajstić information content (AvgIpc) is 2.39. The summed E-state index contributed by atoms with van der Waals surface area (Å²) in [6.07, 6.45) is 6.39. The SMILES string of the molecule is CCNC(Cc1cccnc1)c1ncc(Br)cc1Br. The highest BCUT2D eigenvalue weighted by Gasteiger charge is 2.16. The van der Waals surface area contributed by atoms with Gasteiger partial charge in [-0.1, -0.05) is 13.0 Å². The van der Waals surface area contributed by atoms with Crippen molar-refractivity contribution in [3.63, 3.8) is 0 Å². The van der Waals surface area contributed by atoms with E-state index in [9.17, 15) is 0 Å². The number of aromatic nitrogens is 2. The van der Waals surface area contributed by atoms with Crippen molar-refractivity contribution in [2.45, 2.75) is 19.4 Å². The van der Waals surface area contributed by atoms with Crippen LogP contribution in [0.1, 0.15) is 24.2 Å². The van der Waals surface area contributed by atoms with Crippen LogP contribution in [0.4, 0.5) is 0 Å². The van der Waals surface area contributed by atoms with Gasteiger partial charge in [0.2, 0.25) is 0 Å². The topological polar surface area (TPSA) is 37.8 Å². The summed E-state index contributed by atoms with van der Waals surface area (Å²) in [4.78, 5) is 8.68. The quantitative estimate of drug-likeness (QED) is 0.849. The van der Waals surface area contributed by atoms with Crippen LogP contribution in [-0.2, 0) is 6.42 Å². The largest absolute Gasteiger partial charge is 0.309 e. The van der Waals surface area contributed by atoms with Crippen molar-refractivity contribution < 1.29 is 0 Å². The second-order valence-corrected chi connectivity index (χ2v) is 5.97. The molecule has 0 aromatic carbocycles. The van der Waals surface area contributed by atoms with Crippen LogP contribution in [-0.4, -0.2) is 16.5 Å². The summed E-state index contributed by atoms with van der Waals surface area (Å²) in [5.41, 5.74) is 2.22. The van der Waals surface area contributed by atoms with Crippen LogP contribution in [0.5, 0.6) is 0 Å². The number of nitrogens with zero attached hydrogens (tertiary/aromatic N) is 2. The average molecular weight is 385 g/mol. The fraction of sp³-hybridized carbons (Fsp3) is 0.286. The first-order chi connectivity index (χ1) is 9.20. The van der Waals surface area contributed by atoms with Gasteiger partial charge in [-0.3, -0.25) is 9.97 Å². The Kier molecular flexibility index (Phi) is 5.48. The van der Waals surface area contributed by atoms with Gasteiger partial charge < -0.3 is 5.32 Å². The molecule has 0 radical (unpaired) electrons. The van der Waals surface area contributed by atoms with Gasteiger partial charge in [0.15, 0.2) is 0 Å². The van der Waals surface area contributed by atoms with Crippen LogP contribution in [0.3, 0.4) is 0 Å². The fourth-order valence-electron chi connectivity index (χ4n) is 1.95. The van der Waals surface area contributed by atoms with Gasteiger partial charge in [0.25, 0.3) is 0 Å². The van der Waals surface area contributed by atoms with Crippen molar-refractivity contribution in [1.29, 1.82) is 0 Å². The first kappa shape index (κ1) is 14.6. The number of likely N-dealkylation sites (N-methyl/N-ethyl adjacent to an activating group) is 1. The van der Waals surface area contributed by atoms with Crippen molar-refractivity contribution >= 4 is 31.9 Å². The zero-order chi connectivity index (χ0) is 13.7. The Balaban J connectivity index is 2.24. The third-order valence-corrected chi connectivity index (χ3v) is 3.85. The molecule has 5 heteroatoms. The van der Waals surface area contributed by atoms with E-state index in [-0.39, 0.29) is 6.04 Å². The Morgan fingerprint density at radius 1 is 1.32 bits per heavy atom. The number of hydrogen-bond acceptors (Lipinski definition) is 3. The molecule has 0 aliphatic rings.